The first-order valence-electron chi connectivity index (χ1n) is 13.6. The number of nitrogens with one attached hydrogen (secondary N) is 1. The van der Waals surface area contributed by atoms with E-state index in [1.165, 1.54) is 5.56 Å². The molecule has 1 saturated heterocycles. The summed E-state index contributed by atoms with van der Waals surface area (Å²) in [6.45, 7) is 14.1. The molecule has 1 aliphatic heterocycles. The van der Waals surface area contributed by atoms with Gasteiger partial charge in [-0.15, -0.1) is 0 Å². The lowest BCUT2D eigenvalue weighted by Crippen LogP contribution is -2.42. The standard InChI is InChI=1S/C30H40N4O4/c1-6-36-25-15-10-21(17-26(25)37-7-2)18-31-29(35)23-9-8-16-34(19-23)20-27-32-28(33-38-27)22-11-13-24(14-12-22)30(3,4)5/h10-15,17,23H,6-9,16,18-20H2,1-5H3,(H,31,35). The highest BCUT2D eigenvalue weighted by atomic mass is 16.5. The number of carbonyl (C=O) groups is 1. The highest BCUT2D eigenvalue weighted by molar-refractivity contribution is 5.79. The second kappa shape index (κ2) is 12.4. The Morgan fingerprint density at radius 2 is 1.82 bits per heavy atom. The van der Waals surface area contributed by atoms with Crippen molar-refractivity contribution in [2.45, 2.75) is 66.0 Å². The normalized spacial score (nSPS) is 16.3. The Morgan fingerprint density at radius 3 is 2.53 bits per heavy atom. The maximum Gasteiger partial charge on any atom is 0.241 e. The minimum Gasteiger partial charge on any atom is -0.490 e. The second-order valence-electron chi connectivity index (χ2n) is 10.8. The summed E-state index contributed by atoms with van der Waals surface area (Å²) < 4.78 is 16.9. The fraction of sp³-hybridized carbons (Fsp3) is 0.500. The van der Waals surface area contributed by atoms with E-state index in [1.807, 2.05) is 44.2 Å². The third kappa shape index (κ3) is 7.13. The van der Waals surface area contributed by atoms with Crippen LogP contribution in [-0.2, 0) is 23.3 Å². The van der Waals surface area contributed by atoms with E-state index in [1.54, 1.807) is 0 Å². The quantitative estimate of drug-likeness (QED) is 0.385. The molecule has 2 heterocycles. The van der Waals surface area contributed by atoms with Gasteiger partial charge in [0.25, 0.3) is 0 Å². The summed E-state index contributed by atoms with van der Waals surface area (Å²) in [7, 11) is 0. The van der Waals surface area contributed by atoms with Gasteiger partial charge >= 0.3 is 0 Å². The minimum absolute atomic E-state index is 0.0618. The molecule has 4 rings (SSSR count). The van der Waals surface area contributed by atoms with Gasteiger partial charge in [-0.05, 0) is 61.9 Å². The van der Waals surface area contributed by atoms with Gasteiger partial charge in [0.2, 0.25) is 17.6 Å². The monoisotopic (exact) mass is 520 g/mol. The molecule has 1 N–H and O–H groups in total. The van der Waals surface area contributed by atoms with E-state index in [2.05, 4.69) is 53.3 Å². The van der Waals surface area contributed by atoms with E-state index in [0.717, 1.165) is 36.3 Å². The van der Waals surface area contributed by atoms with E-state index in [0.29, 0.717) is 50.3 Å². The van der Waals surface area contributed by atoms with Crippen LogP contribution in [0.3, 0.4) is 0 Å². The van der Waals surface area contributed by atoms with Gasteiger partial charge in [0.15, 0.2) is 11.5 Å². The van der Waals surface area contributed by atoms with E-state index in [-0.39, 0.29) is 17.2 Å². The Balaban J connectivity index is 1.31. The summed E-state index contributed by atoms with van der Waals surface area (Å²) in [5.41, 5.74) is 3.27. The van der Waals surface area contributed by atoms with E-state index < -0.39 is 0 Å². The van der Waals surface area contributed by atoms with Gasteiger partial charge < -0.3 is 19.3 Å². The Hall–Kier alpha value is -3.39. The lowest BCUT2D eigenvalue weighted by Gasteiger charge is -2.30. The van der Waals surface area contributed by atoms with Crippen LogP contribution < -0.4 is 14.8 Å². The smallest absolute Gasteiger partial charge is 0.241 e. The Labute approximate surface area is 225 Å². The number of likely N-dealkylation sites (tertiary alicyclic amines) is 1. The molecule has 38 heavy (non-hydrogen) atoms. The molecule has 1 aromatic heterocycles. The minimum atomic E-state index is -0.0786. The van der Waals surface area contributed by atoms with Crippen molar-refractivity contribution in [2.24, 2.45) is 5.92 Å². The molecule has 8 nitrogen and oxygen atoms in total. The lowest BCUT2D eigenvalue weighted by molar-refractivity contribution is -0.127. The van der Waals surface area contributed by atoms with Crippen molar-refractivity contribution >= 4 is 5.91 Å². The molecular weight excluding hydrogens is 480 g/mol. The fourth-order valence-corrected chi connectivity index (χ4v) is 4.70. The number of hydrogen-bond acceptors (Lipinski definition) is 7. The largest absolute Gasteiger partial charge is 0.490 e. The molecule has 1 fully saturated rings. The molecule has 204 valence electrons. The van der Waals surface area contributed by atoms with Gasteiger partial charge in [-0.3, -0.25) is 9.69 Å². The number of amides is 1. The van der Waals surface area contributed by atoms with E-state index in [9.17, 15) is 4.79 Å². The van der Waals surface area contributed by atoms with Crippen molar-refractivity contribution in [1.82, 2.24) is 20.4 Å². The lowest BCUT2D eigenvalue weighted by atomic mass is 9.87. The Kier molecular flexibility index (Phi) is 9.05. The molecule has 0 saturated carbocycles. The molecule has 1 amide bonds. The zero-order valence-electron chi connectivity index (χ0n) is 23.3. The SMILES string of the molecule is CCOc1ccc(CNC(=O)C2CCCN(Cc3nc(-c4ccc(C(C)(C)C)cc4)no3)C2)cc1OCC. The first kappa shape index (κ1) is 27.6. The summed E-state index contributed by atoms with van der Waals surface area (Å²) in [6, 6.07) is 14.1. The van der Waals surface area contributed by atoms with Crippen LogP contribution in [0.15, 0.2) is 47.0 Å². The number of ether oxygens (including phenoxy) is 2. The highest BCUT2D eigenvalue weighted by Crippen LogP contribution is 2.29. The predicted octanol–water partition coefficient (Wildman–Crippen LogP) is 5.36. The number of benzene rings is 2. The molecular formula is C30H40N4O4. The van der Waals surface area contributed by atoms with Crippen LogP contribution in [0, 0.1) is 5.92 Å². The number of carbonyl (C=O) groups excluding carboxylic acids is 1. The van der Waals surface area contributed by atoms with Crippen LogP contribution in [0.5, 0.6) is 11.5 Å². The number of rotatable bonds is 10. The number of hydrogen-bond donors (Lipinski definition) is 1. The summed E-state index contributed by atoms with van der Waals surface area (Å²) >= 11 is 0. The number of aromatic nitrogens is 2. The molecule has 2 aromatic carbocycles. The van der Waals surface area contributed by atoms with Crippen LogP contribution in [0.4, 0.5) is 0 Å². The van der Waals surface area contributed by atoms with Crippen molar-refractivity contribution in [3.05, 3.63) is 59.5 Å². The predicted molar refractivity (Wildman–Crippen MR) is 147 cm³/mol. The van der Waals surface area contributed by atoms with Crippen molar-refractivity contribution in [2.75, 3.05) is 26.3 Å². The maximum atomic E-state index is 13.0. The Bertz CT molecular complexity index is 1200. The van der Waals surface area contributed by atoms with Crippen LogP contribution >= 0.6 is 0 Å². The molecule has 3 aromatic rings. The van der Waals surface area contributed by atoms with Crippen LogP contribution in [0.2, 0.25) is 0 Å². The summed E-state index contributed by atoms with van der Waals surface area (Å²) in [6.07, 6.45) is 1.82. The van der Waals surface area contributed by atoms with Crippen LogP contribution in [-0.4, -0.2) is 47.3 Å². The molecule has 1 atom stereocenters. The number of nitrogens with zero attached hydrogens (tertiary/aromatic N) is 3. The summed E-state index contributed by atoms with van der Waals surface area (Å²) in [5.74, 6) is 2.57. The maximum absolute atomic E-state index is 13.0. The van der Waals surface area contributed by atoms with Crippen molar-refractivity contribution in [3.63, 3.8) is 0 Å². The zero-order valence-corrected chi connectivity index (χ0v) is 23.3. The highest BCUT2D eigenvalue weighted by Gasteiger charge is 2.27. The van der Waals surface area contributed by atoms with Gasteiger partial charge in [-0.2, -0.15) is 4.98 Å². The van der Waals surface area contributed by atoms with Gasteiger partial charge in [-0.25, -0.2) is 0 Å². The van der Waals surface area contributed by atoms with Crippen molar-refractivity contribution in [1.29, 1.82) is 0 Å². The van der Waals surface area contributed by atoms with Gasteiger partial charge in [-0.1, -0.05) is 56.3 Å². The third-order valence-electron chi connectivity index (χ3n) is 6.79. The molecule has 8 heteroatoms. The van der Waals surface area contributed by atoms with E-state index >= 15 is 0 Å². The summed E-state index contributed by atoms with van der Waals surface area (Å²) in [5, 5.41) is 7.29. The molecule has 0 aliphatic carbocycles. The Morgan fingerprint density at radius 1 is 1.08 bits per heavy atom. The van der Waals surface area contributed by atoms with Crippen LogP contribution in [0.25, 0.3) is 11.4 Å². The van der Waals surface area contributed by atoms with Gasteiger partial charge in [0, 0.05) is 18.7 Å². The zero-order chi connectivity index (χ0) is 27.1. The fourth-order valence-electron chi connectivity index (χ4n) is 4.70. The first-order chi connectivity index (χ1) is 18.3. The molecule has 0 radical (unpaired) electrons. The van der Waals surface area contributed by atoms with Crippen LogP contribution in [0.1, 0.15) is 64.5 Å². The molecule has 1 aliphatic rings. The molecule has 0 spiro atoms. The van der Waals surface area contributed by atoms with Crippen molar-refractivity contribution in [3.8, 4) is 22.9 Å². The first-order valence-corrected chi connectivity index (χ1v) is 13.6. The summed E-state index contributed by atoms with van der Waals surface area (Å²) in [4.78, 5) is 19.8. The third-order valence-corrected chi connectivity index (χ3v) is 6.79. The van der Waals surface area contributed by atoms with Gasteiger partial charge in [0.05, 0.1) is 25.7 Å². The number of piperidine rings is 1. The average molecular weight is 521 g/mol. The van der Waals surface area contributed by atoms with E-state index in [4.69, 9.17) is 14.0 Å². The molecule has 0 bridgehead atoms. The van der Waals surface area contributed by atoms with Crippen molar-refractivity contribution < 1.29 is 18.8 Å². The molecule has 1 unspecified atom stereocenters. The average Bonchev–Trinajstić information content (AvgIpc) is 3.37. The topological polar surface area (TPSA) is 89.7 Å². The second-order valence-corrected chi connectivity index (χ2v) is 10.8. The van der Waals surface area contributed by atoms with Gasteiger partial charge in [0.1, 0.15) is 0 Å².